The molecule has 0 radical (unpaired) electrons. The molecule has 0 saturated carbocycles. The van der Waals surface area contributed by atoms with Crippen molar-refractivity contribution in [3.05, 3.63) is 87.6 Å². The lowest BCUT2D eigenvalue weighted by Crippen LogP contribution is -2.42. The van der Waals surface area contributed by atoms with E-state index in [0.29, 0.717) is 24.5 Å². The van der Waals surface area contributed by atoms with Gasteiger partial charge in [0.25, 0.3) is 0 Å². The van der Waals surface area contributed by atoms with Gasteiger partial charge in [-0.1, -0.05) is 12.1 Å². The number of ether oxygens (including phenoxy) is 2. The highest BCUT2D eigenvalue weighted by molar-refractivity contribution is 5.86. The second kappa shape index (κ2) is 10.1. The zero-order chi connectivity index (χ0) is 24.2. The lowest BCUT2D eigenvalue weighted by Gasteiger charge is -2.28. The van der Waals surface area contributed by atoms with Crippen LogP contribution in [-0.2, 0) is 15.9 Å². The highest BCUT2D eigenvalue weighted by Crippen LogP contribution is 2.20. The molecule has 1 amide bonds. The molecule has 1 fully saturated rings. The number of halogens is 3. The van der Waals surface area contributed by atoms with Gasteiger partial charge in [0.15, 0.2) is 17.5 Å². The standard InChI is InChI=1S/C23H20F3N3O5/c24-18-10-16(11-19(25)22(18)26)29-5-4-21(30)20(27-29)9-14-2-1-3-15(8-14)28(23(31)32)12-17-13-33-6-7-34-17/h1-5,8,10-11,17H,6-7,9,12-13H2,(H,31,32). The van der Waals surface area contributed by atoms with Crippen molar-refractivity contribution in [1.29, 1.82) is 0 Å². The predicted octanol–water partition coefficient (Wildman–Crippen LogP) is 3.14. The molecule has 1 atom stereocenters. The van der Waals surface area contributed by atoms with E-state index in [-0.39, 0.29) is 31.0 Å². The molecule has 3 aromatic rings. The molecule has 8 nitrogen and oxygen atoms in total. The topological polar surface area (TPSA) is 93.9 Å². The van der Waals surface area contributed by atoms with Crippen LogP contribution in [0.25, 0.3) is 5.69 Å². The molecule has 0 spiro atoms. The SMILES string of the molecule is O=C(O)N(CC1COCCO1)c1cccc(Cc2nn(-c3cc(F)c(F)c(F)c3)ccc2=O)c1. The summed E-state index contributed by atoms with van der Waals surface area (Å²) in [5.74, 6) is -4.37. The van der Waals surface area contributed by atoms with Gasteiger partial charge < -0.3 is 14.6 Å². The summed E-state index contributed by atoms with van der Waals surface area (Å²) in [7, 11) is 0. The summed E-state index contributed by atoms with van der Waals surface area (Å²) in [6.45, 7) is 1.18. The van der Waals surface area contributed by atoms with Crippen molar-refractivity contribution in [2.75, 3.05) is 31.3 Å². The molecule has 1 N–H and O–H groups in total. The maximum atomic E-state index is 13.6. The molecule has 1 unspecified atom stereocenters. The lowest BCUT2D eigenvalue weighted by molar-refractivity contribution is -0.0836. The molecule has 11 heteroatoms. The Morgan fingerprint density at radius 1 is 1.15 bits per heavy atom. The van der Waals surface area contributed by atoms with Crippen LogP contribution >= 0.6 is 0 Å². The van der Waals surface area contributed by atoms with Gasteiger partial charge in [-0.05, 0) is 17.7 Å². The third-order valence-corrected chi connectivity index (χ3v) is 5.21. The van der Waals surface area contributed by atoms with Crippen LogP contribution in [0.5, 0.6) is 0 Å². The third kappa shape index (κ3) is 5.26. The fourth-order valence-electron chi connectivity index (χ4n) is 3.56. The monoisotopic (exact) mass is 475 g/mol. The first-order valence-corrected chi connectivity index (χ1v) is 10.3. The van der Waals surface area contributed by atoms with E-state index in [1.165, 1.54) is 12.3 Å². The Hall–Kier alpha value is -3.70. The molecule has 4 rings (SSSR count). The number of amides is 1. The summed E-state index contributed by atoms with van der Waals surface area (Å²) in [5.41, 5.74) is 0.489. The van der Waals surface area contributed by atoms with Gasteiger partial charge in [0.05, 0.1) is 38.2 Å². The Labute approximate surface area is 191 Å². The minimum Gasteiger partial charge on any atom is -0.465 e. The molecule has 1 aromatic heterocycles. The molecule has 2 heterocycles. The maximum Gasteiger partial charge on any atom is 0.411 e. The number of benzene rings is 2. The van der Waals surface area contributed by atoms with Gasteiger partial charge in [0.1, 0.15) is 5.69 Å². The van der Waals surface area contributed by atoms with Crippen LogP contribution in [0, 0.1) is 17.5 Å². The number of carbonyl (C=O) groups is 1. The van der Waals surface area contributed by atoms with Crippen molar-refractivity contribution in [3.63, 3.8) is 0 Å². The van der Waals surface area contributed by atoms with E-state index in [4.69, 9.17) is 9.47 Å². The first-order valence-electron chi connectivity index (χ1n) is 10.3. The summed E-state index contributed by atoms with van der Waals surface area (Å²) in [5, 5.41) is 13.8. The lowest BCUT2D eigenvalue weighted by atomic mass is 10.1. The fourth-order valence-corrected chi connectivity index (χ4v) is 3.56. The molecule has 1 aliphatic heterocycles. The van der Waals surface area contributed by atoms with Crippen molar-refractivity contribution in [2.24, 2.45) is 0 Å². The van der Waals surface area contributed by atoms with Gasteiger partial charge in [-0.2, -0.15) is 5.10 Å². The molecular weight excluding hydrogens is 455 g/mol. The summed E-state index contributed by atoms with van der Waals surface area (Å²) < 4.78 is 52.4. The Balaban J connectivity index is 1.59. The minimum atomic E-state index is -1.60. The Bertz CT molecular complexity index is 1240. The number of rotatable bonds is 6. The van der Waals surface area contributed by atoms with Crippen LogP contribution in [0.15, 0.2) is 53.5 Å². The Morgan fingerprint density at radius 2 is 1.91 bits per heavy atom. The van der Waals surface area contributed by atoms with Crippen LogP contribution in [0.3, 0.4) is 0 Å². The zero-order valence-corrected chi connectivity index (χ0v) is 17.8. The number of hydrogen-bond acceptors (Lipinski definition) is 5. The predicted molar refractivity (Wildman–Crippen MR) is 115 cm³/mol. The molecule has 178 valence electrons. The molecule has 1 saturated heterocycles. The molecule has 2 aromatic carbocycles. The van der Waals surface area contributed by atoms with E-state index < -0.39 is 35.1 Å². The van der Waals surface area contributed by atoms with E-state index in [9.17, 15) is 27.9 Å². The van der Waals surface area contributed by atoms with Gasteiger partial charge in [-0.25, -0.2) is 22.6 Å². The van der Waals surface area contributed by atoms with E-state index in [2.05, 4.69) is 5.10 Å². The van der Waals surface area contributed by atoms with E-state index in [1.807, 2.05) is 0 Å². The van der Waals surface area contributed by atoms with Crippen LogP contribution in [-0.4, -0.2) is 53.4 Å². The minimum absolute atomic E-state index is 0.0240. The van der Waals surface area contributed by atoms with E-state index >= 15 is 0 Å². The van der Waals surface area contributed by atoms with Gasteiger partial charge in [0, 0.05) is 36.5 Å². The summed E-state index contributed by atoms with van der Waals surface area (Å²) in [6.07, 6.45) is -0.344. The summed E-state index contributed by atoms with van der Waals surface area (Å²) in [6, 6.07) is 9.26. The Morgan fingerprint density at radius 3 is 2.59 bits per heavy atom. The van der Waals surface area contributed by atoms with Crippen molar-refractivity contribution in [1.82, 2.24) is 9.78 Å². The van der Waals surface area contributed by atoms with Crippen LogP contribution in [0.2, 0.25) is 0 Å². The average Bonchev–Trinajstić information content (AvgIpc) is 2.82. The molecule has 34 heavy (non-hydrogen) atoms. The summed E-state index contributed by atoms with van der Waals surface area (Å²) in [4.78, 5) is 25.3. The number of aromatic nitrogens is 2. The number of anilines is 1. The largest absolute Gasteiger partial charge is 0.465 e. The van der Waals surface area contributed by atoms with E-state index in [1.54, 1.807) is 24.3 Å². The van der Waals surface area contributed by atoms with Gasteiger partial charge in [0.2, 0.25) is 5.43 Å². The second-order valence-electron chi connectivity index (χ2n) is 7.60. The number of hydrogen-bond donors (Lipinski definition) is 1. The van der Waals surface area contributed by atoms with Crippen molar-refractivity contribution in [3.8, 4) is 5.69 Å². The van der Waals surface area contributed by atoms with Crippen LogP contribution in [0.1, 0.15) is 11.3 Å². The zero-order valence-electron chi connectivity index (χ0n) is 17.8. The van der Waals surface area contributed by atoms with Gasteiger partial charge >= 0.3 is 6.09 Å². The highest BCUT2D eigenvalue weighted by atomic mass is 19.2. The van der Waals surface area contributed by atoms with Gasteiger partial charge in [-0.15, -0.1) is 0 Å². The second-order valence-corrected chi connectivity index (χ2v) is 7.60. The third-order valence-electron chi connectivity index (χ3n) is 5.21. The van der Waals surface area contributed by atoms with Crippen LogP contribution < -0.4 is 10.3 Å². The molecular formula is C23H20F3N3O5. The van der Waals surface area contributed by atoms with Crippen molar-refractivity contribution >= 4 is 11.8 Å². The molecule has 0 aliphatic carbocycles. The summed E-state index contributed by atoms with van der Waals surface area (Å²) >= 11 is 0. The van der Waals surface area contributed by atoms with Crippen LogP contribution in [0.4, 0.5) is 23.7 Å². The van der Waals surface area contributed by atoms with Crippen molar-refractivity contribution in [2.45, 2.75) is 12.5 Å². The van der Waals surface area contributed by atoms with Crippen molar-refractivity contribution < 1.29 is 32.5 Å². The smallest absolute Gasteiger partial charge is 0.411 e. The first kappa shape index (κ1) is 23.5. The highest BCUT2D eigenvalue weighted by Gasteiger charge is 2.23. The Kier molecular flexibility index (Phi) is 6.94. The van der Waals surface area contributed by atoms with Gasteiger partial charge in [-0.3, -0.25) is 9.69 Å². The molecule has 0 bridgehead atoms. The quantitative estimate of drug-likeness (QED) is 0.551. The molecule has 1 aliphatic rings. The average molecular weight is 475 g/mol. The number of nitrogens with zero attached hydrogens (tertiary/aromatic N) is 3. The first-order chi connectivity index (χ1) is 16.3. The van der Waals surface area contributed by atoms with E-state index in [0.717, 1.165) is 21.7 Å². The maximum absolute atomic E-state index is 13.6. The normalized spacial score (nSPS) is 15.8. The number of carboxylic acid groups (broad SMARTS) is 1. The fraction of sp³-hybridized carbons (Fsp3) is 0.261.